The predicted molar refractivity (Wildman–Crippen MR) is 97.0 cm³/mol. The number of allylic oxidation sites excluding steroid dienone is 1. The number of ether oxygens (including phenoxy) is 1. The quantitative estimate of drug-likeness (QED) is 0.337. The number of carbonyl (C=O) groups excluding carboxylic acids is 2. The molecule has 138 valence electrons. The minimum atomic E-state index is -0.602. The third kappa shape index (κ3) is 3.82. The van der Waals surface area contributed by atoms with Crippen molar-refractivity contribution in [1.29, 1.82) is 0 Å². The fourth-order valence-electron chi connectivity index (χ4n) is 2.85. The van der Waals surface area contributed by atoms with Crippen LogP contribution in [-0.4, -0.2) is 34.9 Å². The van der Waals surface area contributed by atoms with Crippen LogP contribution in [0.15, 0.2) is 41.1 Å². The number of rotatable bonds is 6. The molecule has 1 amide bonds. The highest BCUT2D eigenvalue weighted by atomic mass is 16.6. The summed E-state index contributed by atoms with van der Waals surface area (Å²) in [6.07, 6.45) is 1.40. The average Bonchev–Trinajstić information content (AvgIpc) is 2.79. The molecule has 1 aromatic carbocycles. The van der Waals surface area contributed by atoms with Crippen molar-refractivity contribution in [2.45, 2.75) is 27.7 Å². The summed E-state index contributed by atoms with van der Waals surface area (Å²) < 4.78 is 5.09. The number of para-hydroxylation sites is 1. The summed E-state index contributed by atoms with van der Waals surface area (Å²) in [7, 11) is 0. The summed E-state index contributed by atoms with van der Waals surface area (Å²) in [6, 6.07) is 6.10. The Morgan fingerprint density at radius 2 is 2.00 bits per heavy atom. The summed E-state index contributed by atoms with van der Waals surface area (Å²) in [5.74, 6) is -0.755. The van der Waals surface area contributed by atoms with Gasteiger partial charge in [0.2, 0.25) is 0 Å². The van der Waals surface area contributed by atoms with E-state index in [1.807, 2.05) is 13.8 Å². The van der Waals surface area contributed by atoms with Gasteiger partial charge in [-0.15, -0.1) is 0 Å². The van der Waals surface area contributed by atoms with E-state index in [4.69, 9.17) is 4.74 Å². The SMILES string of the molecule is CCOC(=O)C1=C(C)N(CC(C)C)C(=O)C1=Cc1ccccc1[N+](=O)[O-]. The second kappa shape index (κ2) is 7.95. The van der Waals surface area contributed by atoms with Gasteiger partial charge in [-0.2, -0.15) is 0 Å². The van der Waals surface area contributed by atoms with Gasteiger partial charge in [-0.1, -0.05) is 26.0 Å². The number of carbonyl (C=O) groups is 2. The lowest BCUT2D eigenvalue weighted by Gasteiger charge is -2.19. The largest absolute Gasteiger partial charge is 0.462 e. The molecule has 0 spiro atoms. The molecule has 0 unspecified atom stereocenters. The van der Waals surface area contributed by atoms with Crippen LogP contribution in [0.1, 0.15) is 33.3 Å². The highest BCUT2D eigenvalue weighted by Crippen LogP contribution is 2.33. The molecule has 0 saturated heterocycles. The predicted octanol–water partition coefficient (Wildman–Crippen LogP) is 3.31. The molecule has 1 aromatic rings. The van der Waals surface area contributed by atoms with Crippen LogP contribution in [0.25, 0.3) is 6.08 Å². The Hall–Kier alpha value is -2.96. The number of benzene rings is 1. The zero-order valence-electron chi connectivity index (χ0n) is 15.3. The van der Waals surface area contributed by atoms with Crippen molar-refractivity contribution in [2.24, 2.45) is 5.92 Å². The van der Waals surface area contributed by atoms with Crippen molar-refractivity contribution in [2.75, 3.05) is 13.2 Å². The molecule has 1 aliphatic heterocycles. The van der Waals surface area contributed by atoms with Crippen LogP contribution in [0.2, 0.25) is 0 Å². The normalized spacial score (nSPS) is 16.0. The molecule has 2 rings (SSSR count). The third-order valence-corrected chi connectivity index (χ3v) is 3.97. The summed E-state index contributed by atoms with van der Waals surface area (Å²) in [5, 5.41) is 11.2. The van der Waals surface area contributed by atoms with Crippen LogP contribution in [0.4, 0.5) is 5.69 Å². The van der Waals surface area contributed by atoms with Gasteiger partial charge in [-0.3, -0.25) is 14.9 Å². The minimum Gasteiger partial charge on any atom is -0.462 e. The van der Waals surface area contributed by atoms with Crippen LogP contribution in [0.3, 0.4) is 0 Å². The molecule has 0 N–H and O–H groups in total. The molecular weight excluding hydrogens is 336 g/mol. The highest BCUT2D eigenvalue weighted by Gasteiger charge is 2.37. The lowest BCUT2D eigenvalue weighted by atomic mass is 10.0. The number of nitro benzene ring substituents is 1. The van der Waals surface area contributed by atoms with E-state index < -0.39 is 10.9 Å². The van der Waals surface area contributed by atoms with Crippen LogP contribution >= 0.6 is 0 Å². The summed E-state index contributed by atoms with van der Waals surface area (Å²) in [6.45, 7) is 7.92. The maximum Gasteiger partial charge on any atom is 0.340 e. The minimum absolute atomic E-state index is 0.121. The topological polar surface area (TPSA) is 89.8 Å². The molecule has 0 radical (unpaired) electrons. The first-order chi connectivity index (χ1) is 12.3. The summed E-state index contributed by atoms with van der Waals surface area (Å²) >= 11 is 0. The number of amides is 1. The van der Waals surface area contributed by atoms with E-state index in [0.717, 1.165) is 0 Å². The molecule has 0 fully saturated rings. The van der Waals surface area contributed by atoms with Crippen LogP contribution < -0.4 is 0 Å². The maximum atomic E-state index is 12.9. The Morgan fingerprint density at radius 1 is 1.35 bits per heavy atom. The standard InChI is InChI=1S/C19H22N2O5/c1-5-26-19(23)17-13(4)20(11-12(2)3)18(22)15(17)10-14-8-6-7-9-16(14)21(24)25/h6-10,12H,5,11H2,1-4H3. The van der Waals surface area contributed by atoms with Crippen molar-refractivity contribution in [3.8, 4) is 0 Å². The van der Waals surface area contributed by atoms with Gasteiger partial charge in [0.05, 0.1) is 28.2 Å². The van der Waals surface area contributed by atoms with Gasteiger partial charge in [0.25, 0.3) is 11.6 Å². The van der Waals surface area contributed by atoms with E-state index in [0.29, 0.717) is 12.2 Å². The van der Waals surface area contributed by atoms with Gasteiger partial charge in [-0.05, 0) is 31.9 Å². The maximum absolute atomic E-state index is 12.9. The van der Waals surface area contributed by atoms with E-state index >= 15 is 0 Å². The van der Waals surface area contributed by atoms with Crippen molar-refractivity contribution in [3.63, 3.8) is 0 Å². The monoisotopic (exact) mass is 358 g/mol. The van der Waals surface area contributed by atoms with E-state index in [-0.39, 0.29) is 40.8 Å². The molecular formula is C19H22N2O5. The van der Waals surface area contributed by atoms with Crippen molar-refractivity contribution < 1.29 is 19.2 Å². The second-order valence-electron chi connectivity index (χ2n) is 6.36. The van der Waals surface area contributed by atoms with Gasteiger partial charge >= 0.3 is 5.97 Å². The van der Waals surface area contributed by atoms with E-state index in [1.54, 1.807) is 32.0 Å². The summed E-state index contributed by atoms with van der Waals surface area (Å²) in [5.41, 5.74) is 0.927. The van der Waals surface area contributed by atoms with Gasteiger partial charge in [-0.25, -0.2) is 4.79 Å². The van der Waals surface area contributed by atoms with E-state index in [1.165, 1.54) is 17.0 Å². The fraction of sp³-hybridized carbons (Fsp3) is 0.368. The summed E-state index contributed by atoms with van der Waals surface area (Å²) in [4.78, 5) is 37.6. The van der Waals surface area contributed by atoms with Crippen molar-refractivity contribution in [1.82, 2.24) is 4.90 Å². The molecule has 0 bridgehead atoms. The molecule has 0 aliphatic carbocycles. The first-order valence-corrected chi connectivity index (χ1v) is 8.43. The van der Waals surface area contributed by atoms with Crippen LogP contribution in [0.5, 0.6) is 0 Å². The molecule has 1 aliphatic rings. The number of hydrogen-bond donors (Lipinski definition) is 0. The number of hydrogen-bond acceptors (Lipinski definition) is 5. The smallest absolute Gasteiger partial charge is 0.340 e. The van der Waals surface area contributed by atoms with Gasteiger partial charge < -0.3 is 9.64 Å². The molecule has 0 saturated carbocycles. The van der Waals surface area contributed by atoms with Gasteiger partial charge in [0, 0.05) is 18.3 Å². The number of nitro groups is 1. The van der Waals surface area contributed by atoms with E-state index in [2.05, 4.69) is 0 Å². The van der Waals surface area contributed by atoms with Crippen LogP contribution in [0, 0.1) is 16.0 Å². The third-order valence-electron chi connectivity index (χ3n) is 3.97. The Bertz CT molecular complexity index is 808. The zero-order valence-corrected chi connectivity index (χ0v) is 15.3. The fourth-order valence-corrected chi connectivity index (χ4v) is 2.85. The molecule has 26 heavy (non-hydrogen) atoms. The molecule has 7 heteroatoms. The Labute approximate surface area is 152 Å². The highest BCUT2D eigenvalue weighted by molar-refractivity contribution is 6.16. The molecule has 0 atom stereocenters. The van der Waals surface area contributed by atoms with Crippen LogP contribution in [-0.2, 0) is 14.3 Å². The van der Waals surface area contributed by atoms with Crippen molar-refractivity contribution in [3.05, 3.63) is 56.8 Å². The Balaban J connectivity index is 2.59. The first kappa shape index (κ1) is 19.4. The molecule has 7 nitrogen and oxygen atoms in total. The number of esters is 1. The zero-order chi connectivity index (χ0) is 19.4. The second-order valence-corrected chi connectivity index (χ2v) is 6.36. The Kier molecular flexibility index (Phi) is 5.92. The first-order valence-electron chi connectivity index (χ1n) is 8.43. The Morgan fingerprint density at radius 3 is 2.58 bits per heavy atom. The van der Waals surface area contributed by atoms with E-state index in [9.17, 15) is 19.7 Å². The van der Waals surface area contributed by atoms with Gasteiger partial charge in [0.15, 0.2) is 0 Å². The lowest BCUT2D eigenvalue weighted by molar-refractivity contribution is -0.385. The molecule has 1 heterocycles. The average molecular weight is 358 g/mol. The number of nitrogens with zero attached hydrogens (tertiary/aromatic N) is 2. The van der Waals surface area contributed by atoms with Crippen molar-refractivity contribution >= 4 is 23.6 Å². The van der Waals surface area contributed by atoms with Gasteiger partial charge in [0.1, 0.15) is 0 Å². The molecule has 0 aromatic heterocycles. The lowest BCUT2D eigenvalue weighted by Crippen LogP contribution is -2.28.